The van der Waals surface area contributed by atoms with Gasteiger partial charge in [-0.05, 0) is 65.1 Å². The Hall–Kier alpha value is -2.96. The van der Waals surface area contributed by atoms with Gasteiger partial charge in [-0.25, -0.2) is 9.59 Å². The van der Waals surface area contributed by atoms with Crippen LogP contribution >= 0.6 is 0 Å². The van der Waals surface area contributed by atoms with Crippen LogP contribution in [0, 0.1) is 0 Å². The number of anilines is 2. The summed E-state index contributed by atoms with van der Waals surface area (Å²) in [4.78, 5) is 28.5. The molecular weight excluding hydrogens is 394 g/mol. The molecule has 0 saturated carbocycles. The molecule has 0 unspecified atom stereocenters. The van der Waals surface area contributed by atoms with Gasteiger partial charge in [0.25, 0.3) is 0 Å². The van der Waals surface area contributed by atoms with E-state index in [2.05, 4.69) is 16.3 Å². The highest BCUT2D eigenvalue weighted by Gasteiger charge is 2.26. The molecule has 1 N–H and O–H groups in total. The van der Waals surface area contributed by atoms with Crippen LogP contribution in [0.5, 0.6) is 0 Å². The fraction of sp³-hybridized carbons (Fsp3) is 0.500. The molecule has 31 heavy (non-hydrogen) atoms. The molecule has 2 aromatic rings. The fourth-order valence-corrected chi connectivity index (χ4v) is 3.49. The number of fused-ring (bicyclic) bond motifs is 1. The topological polar surface area (TPSA) is 71.1 Å². The highest BCUT2D eigenvalue weighted by atomic mass is 16.6. The van der Waals surface area contributed by atoms with Gasteiger partial charge in [0.1, 0.15) is 11.2 Å². The van der Waals surface area contributed by atoms with Crippen molar-refractivity contribution in [1.29, 1.82) is 0 Å². The fourth-order valence-electron chi connectivity index (χ4n) is 3.49. The van der Waals surface area contributed by atoms with E-state index in [1.807, 2.05) is 71.9 Å². The summed E-state index contributed by atoms with van der Waals surface area (Å²) in [5.41, 5.74) is 0.706. The van der Waals surface area contributed by atoms with Crippen molar-refractivity contribution in [1.82, 2.24) is 4.90 Å². The molecule has 1 heterocycles. The molecule has 0 radical (unpaired) electrons. The van der Waals surface area contributed by atoms with E-state index >= 15 is 0 Å². The summed E-state index contributed by atoms with van der Waals surface area (Å²) in [7, 11) is 0. The maximum atomic E-state index is 12.3. The quantitative estimate of drug-likeness (QED) is 0.709. The Kier molecular flexibility index (Phi) is 6.34. The summed E-state index contributed by atoms with van der Waals surface area (Å²) < 4.78 is 10.9. The van der Waals surface area contributed by atoms with Gasteiger partial charge in [-0.3, -0.25) is 5.32 Å². The van der Waals surface area contributed by atoms with Crippen molar-refractivity contribution in [3.05, 3.63) is 36.4 Å². The van der Waals surface area contributed by atoms with E-state index in [4.69, 9.17) is 9.47 Å². The molecule has 1 aliphatic heterocycles. The second-order valence-electron chi connectivity index (χ2n) is 9.79. The van der Waals surface area contributed by atoms with Crippen molar-refractivity contribution >= 4 is 34.3 Å². The molecule has 1 aliphatic rings. The molecule has 7 heteroatoms. The number of ether oxygens (including phenoxy) is 2. The molecule has 2 aromatic carbocycles. The number of benzene rings is 2. The summed E-state index contributed by atoms with van der Waals surface area (Å²) in [6, 6.07) is 12.0. The van der Waals surface area contributed by atoms with Gasteiger partial charge >= 0.3 is 12.2 Å². The van der Waals surface area contributed by atoms with Gasteiger partial charge in [-0.2, -0.15) is 0 Å². The second-order valence-corrected chi connectivity index (χ2v) is 9.79. The van der Waals surface area contributed by atoms with Crippen LogP contribution in [0.4, 0.5) is 21.0 Å². The first-order valence-corrected chi connectivity index (χ1v) is 10.7. The number of nitrogens with zero attached hydrogens (tertiary/aromatic N) is 2. The Morgan fingerprint density at radius 2 is 1.52 bits per heavy atom. The minimum absolute atomic E-state index is 0.270. The standard InChI is InChI=1S/C24H33N3O4/c1-23(2,3)30-21(28)25-18-11-10-17-8-7-9-20(19(17)16-18)26-12-14-27(15-13-26)22(29)31-24(4,5)6/h7-11,16H,12-15H2,1-6H3,(H,25,28). The Morgan fingerprint density at radius 3 is 2.13 bits per heavy atom. The first-order valence-electron chi connectivity index (χ1n) is 10.7. The third-order valence-corrected chi connectivity index (χ3v) is 4.78. The van der Waals surface area contributed by atoms with Crippen molar-refractivity contribution in [2.75, 3.05) is 36.4 Å². The first-order chi connectivity index (χ1) is 14.4. The van der Waals surface area contributed by atoms with Crippen molar-refractivity contribution in [3.63, 3.8) is 0 Å². The average Bonchev–Trinajstić information content (AvgIpc) is 2.65. The van der Waals surface area contributed by atoms with Gasteiger partial charge < -0.3 is 19.3 Å². The lowest BCUT2D eigenvalue weighted by molar-refractivity contribution is 0.0240. The highest BCUT2D eigenvalue weighted by molar-refractivity contribution is 5.98. The summed E-state index contributed by atoms with van der Waals surface area (Å²) in [6.45, 7) is 13.7. The number of carbonyl (C=O) groups is 2. The Balaban J connectivity index is 1.74. The molecule has 168 valence electrons. The van der Waals surface area contributed by atoms with Crippen LogP contribution in [0.3, 0.4) is 0 Å². The van der Waals surface area contributed by atoms with Gasteiger partial charge in [0.2, 0.25) is 0 Å². The molecule has 1 saturated heterocycles. The zero-order valence-corrected chi connectivity index (χ0v) is 19.3. The number of amides is 2. The normalized spacial score (nSPS) is 15.0. The SMILES string of the molecule is CC(C)(C)OC(=O)Nc1ccc2cccc(N3CCN(C(=O)OC(C)(C)C)CC3)c2c1. The van der Waals surface area contributed by atoms with E-state index in [0.29, 0.717) is 31.9 Å². The van der Waals surface area contributed by atoms with Crippen LogP contribution in [0.2, 0.25) is 0 Å². The third-order valence-electron chi connectivity index (χ3n) is 4.78. The maximum Gasteiger partial charge on any atom is 0.412 e. The van der Waals surface area contributed by atoms with Crippen LogP contribution in [-0.2, 0) is 9.47 Å². The summed E-state index contributed by atoms with van der Waals surface area (Å²) in [5.74, 6) is 0. The van der Waals surface area contributed by atoms with Crippen LogP contribution in [0.25, 0.3) is 10.8 Å². The average molecular weight is 428 g/mol. The molecule has 0 aromatic heterocycles. The van der Waals surface area contributed by atoms with E-state index in [1.54, 1.807) is 4.90 Å². The predicted octanol–water partition coefficient (Wildman–Crippen LogP) is 5.24. The number of piperazine rings is 1. The zero-order chi connectivity index (χ0) is 22.8. The number of hydrogen-bond donors (Lipinski definition) is 1. The summed E-state index contributed by atoms with van der Waals surface area (Å²) in [6.07, 6.45) is -0.746. The van der Waals surface area contributed by atoms with Gasteiger partial charge in [0.15, 0.2) is 0 Å². The molecule has 2 amide bonds. The van der Waals surface area contributed by atoms with E-state index in [1.165, 1.54) is 0 Å². The van der Waals surface area contributed by atoms with Gasteiger partial charge in [0.05, 0.1) is 0 Å². The predicted molar refractivity (Wildman–Crippen MR) is 124 cm³/mol. The lowest BCUT2D eigenvalue weighted by Gasteiger charge is -2.37. The highest BCUT2D eigenvalue weighted by Crippen LogP contribution is 2.30. The molecular formula is C24H33N3O4. The first kappa shape index (κ1) is 22.7. The number of rotatable bonds is 2. The second kappa shape index (κ2) is 8.65. The number of carbonyl (C=O) groups excluding carboxylic acids is 2. The summed E-state index contributed by atoms with van der Waals surface area (Å²) in [5, 5.41) is 4.94. The van der Waals surface area contributed by atoms with E-state index in [0.717, 1.165) is 16.5 Å². The minimum atomic E-state index is -0.556. The van der Waals surface area contributed by atoms with Crippen LogP contribution in [-0.4, -0.2) is 54.5 Å². The van der Waals surface area contributed by atoms with Crippen LogP contribution in [0.1, 0.15) is 41.5 Å². The molecule has 0 spiro atoms. The van der Waals surface area contributed by atoms with Gasteiger partial charge in [-0.1, -0.05) is 18.2 Å². The van der Waals surface area contributed by atoms with Crippen molar-refractivity contribution in [2.45, 2.75) is 52.7 Å². The Morgan fingerprint density at radius 1 is 0.871 bits per heavy atom. The molecule has 0 aliphatic carbocycles. The number of nitrogens with one attached hydrogen (secondary N) is 1. The van der Waals surface area contributed by atoms with Gasteiger partial charge in [-0.15, -0.1) is 0 Å². The molecule has 1 fully saturated rings. The molecule has 0 bridgehead atoms. The van der Waals surface area contributed by atoms with Gasteiger partial charge in [0, 0.05) is 42.9 Å². The lowest BCUT2D eigenvalue weighted by atomic mass is 10.1. The zero-order valence-electron chi connectivity index (χ0n) is 19.3. The Bertz CT molecular complexity index is 951. The largest absolute Gasteiger partial charge is 0.444 e. The van der Waals surface area contributed by atoms with Crippen molar-refractivity contribution < 1.29 is 19.1 Å². The van der Waals surface area contributed by atoms with Crippen molar-refractivity contribution in [3.8, 4) is 0 Å². The Labute approximate surface area is 184 Å². The van der Waals surface area contributed by atoms with E-state index in [-0.39, 0.29) is 6.09 Å². The van der Waals surface area contributed by atoms with Crippen LogP contribution < -0.4 is 10.2 Å². The van der Waals surface area contributed by atoms with E-state index in [9.17, 15) is 9.59 Å². The van der Waals surface area contributed by atoms with Crippen LogP contribution in [0.15, 0.2) is 36.4 Å². The smallest absolute Gasteiger partial charge is 0.412 e. The monoisotopic (exact) mass is 427 g/mol. The van der Waals surface area contributed by atoms with E-state index < -0.39 is 17.3 Å². The molecule has 7 nitrogen and oxygen atoms in total. The minimum Gasteiger partial charge on any atom is -0.444 e. The van der Waals surface area contributed by atoms with Crippen molar-refractivity contribution in [2.24, 2.45) is 0 Å². The lowest BCUT2D eigenvalue weighted by Crippen LogP contribution is -2.50. The molecule has 3 rings (SSSR count). The molecule has 0 atom stereocenters. The number of hydrogen-bond acceptors (Lipinski definition) is 5. The maximum absolute atomic E-state index is 12.3. The summed E-state index contributed by atoms with van der Waals surface area (Å²) >= 11 is 0. The third kappa shape index (κ3) is 6.26.